The fourth-order valence-electron chi connectivity index (χ4n) is 2.39. The van der Waals surface area contributed by atoms with E-state index in [1.54, 1.807) is 0 Å². The summed E-state index contributed by atoms with van der Waals surface area (Å²) in [6.45, 7) is 3.22. The van der Waals surface area contributed by atoms with Crippen molar-refractivity contribution >= 4 is 33.4 Å². The second-order valence-corrected chi connectivity index (χ2v) is 4.97. The molecule has 0 radical (unpaired) electrons. The normalized spacial score (nSPS) is 11.4. The number of aromatic nitrogens is 2. The van der Waals surface area contributed by atoms with Crippen molar-refractivity contribution in [2.45, 2.75) is 26.3 Å². The van der Waals surface area contributed by atoms with Crippen LogP contribution in [0.4, 0.5) is 0 Å². The molecule has 2 nitrogen and oxygen atoms in total. The highest BCUT2D eigenvalue weighted by Gasteiger charge is 2.08. The largest absolute Gasteiger partial charge is 0.330 e. The fraction of sp³-hybridized carbons (Fsp3) is 0.267. The fourth-order valence-corrected chi connectivity index (χ4v) is 2.62. The zero-order chi connectivity index (χ0) is 12.5. The van der Waals surface area contributed by atoms with Gasteiger partial charge in [-0.15, -0.1) is 0 Å². The summed E-state index contributed by atoms with van der Waals surface area (Å²) in [5, 5.41) is 3.09. The van der Waals surface area contributed by atoms with Gasteiger partial charge in [0.2, 0.25) is 0 Å². The minimum absolute atomic E-state index is 0.803. The Morgan fingerprint density at radius 1 is 1.17 bits per heavy atom. The van der Waals surface area contributed by atoms with Gasteiger partial charge in [-0.25, -0.2) is 4.98 Å². The minimum Gasteiger partial charge on any atom is -0.330 e. The minimum atomic E-state index is 0.803. The smallest absolute Gasteiger partial charge is 0.0958 e. The van der Waals surface area contributed by atoms with Crippen LogP contribution < -0.4 is 0 Å². The maximum atomic E-state index is 6.25. The van der Waals surface area contributed by atoms with Gasteiger partial charge in [0.05, 0.1) is 17.4 Å². The van der Waals surface area contributed by atoms with Gasteiger partial charge in [0.25, 0.3) is 0 Å². The van der Waals surface area contributed by atoms with Crippen molar-refractivity contribution in [2.24, 2.45) is 0 Å². The standard InChI is InChI=1S/C15H15ClN2/c1-2-3-9-18-10-17-14-8-7-11-12(15(14)18)5-4-6-13(11)16/h4-8,10H,2-3,9H2,1H3. The third kappa shape index (κ3) is 1.77. The van der Waals surface area contributed by atoms with Gasteiger partial charge < -0.3 is 4.57 Å². The van der Waals surface area contributed by atoms with E-state index in [4.69, 9.17) is 11.6 Å². The van der Waals surface area contributed by atoms with Crippen molar-refractivity contribution in [1.29, 1.82) is 0 Å². The molecule has 92 valence electrons. The Hall–Kier alpha value is -1.54. The second kappa shape index (κ2) is 4.62. The third-order valence-electron chi connectivity index (χ3n) is 3.33. The van der Waals surface area contributed by atoms with Gasteiger partial charge in [0, 0.05) is 22.3 Å². The number of aryl methyl sites for hydroxylation is 1. The molecular formula is C15H15ClN2. The molecule has 3 aromatic rings. The average Bonchev–Trinajstić information content (AvgIpc) is 2.80. The Bertz CT molecular complexity index is 700. The number of hydrogen-bond donors (Lipinski definition) is 0. The number of nitrogens with zero attached hydrogens (tertiary/aromatic N) is 2. The summed E-state index contributed by atoms with van der Waals surface area (Å²) < 4.78 is 2.23. The van der Waals surface area contributed by atoms with E-state index < -0.39 is 0 Å². The molecule has 0 aliphatic carbocycles. The van der Waals surface area contributed by atoms with Gasteiger partial charge >= 0.3 is 0 Å². The molecular weight excluding hydrogens is 244 g/mol. The number of unbranched alkanes of at least 4 members (excludes halogenated alkanes) is 1. The van der Waals surface area contributed by atoms with Crippen LogP contribution in [0.3, 0.4) is 0 Å². The van der Waals surface area contributed by atoms with Crippen molar-refractivity contribution in [3.63, 3.8) is 0 Å². The Balaban J connectivity index is 2.30. The highest BCUT2D eigenvalue weighted by atomic mass is 35.5. The number of hydrogen-bond acceptors (Lipinski definition) is 1. The maximum Gasteiger partial charge on any atom is 0.0958 e. The molecule has 3 rings (SSSR count). The van der Waals surface area contributed by atoms with Gasteiger partial charge in [0.15, 0.2) is 0 Å². The Labute approximate surface area is 111 Å². The molecule has 0 unspecified atom stereocenters. The first-order chi connectivity index (χ1) is 8.81. The summed E-state index contributed by atoms with van der Waals surface area (Å²) in [6, 6.07) is 10.2. The molecule has 0 spiro atoms. The highest BCUT2D eigenvalue weighted by molar-refractivity contribution is 6.36. The second-order valence-electron chi connectivity index (χ2n) is 4.56. The van der Waals surface area contributed by atoms with Crippen LogP contribution in [0.2, 0.25) is 5.02 Å². The van der Waals surface area contributed by atoms with Crippen LogP contribution in [0.1, 0.15) is 19.8 Å². The molecule has 0 aliphatic rings. The van der Waals surface area contributed by atoms with E-state index in [0.717, 1.165) is 22.5 Å². The van der Waals surface area contributed by atoms with Gasteiger partial charge in [-0.1, -0.05) is 43.1 Å². The van der Waals surface area contributed by atoms with Crippen LogP contribution in [-0.4, -0.2) is 9.55 Å². The molecule has 0 fully saturated rings. The van der Waals surface area contributed by atoms with Gasteiger partial charge in [-0.2, -0.15) is 0 Å². The Morgan fingerprint density at radius 3 is 2.89 bits per heavy atom. The lowest BCUT2D eigenvalue weighted by atomic mass is 10.1. The summed E-state index contributed by atoms with van der Waals surface area (Å²) >= 11 is 6.25. The Kier molecular flexibility index (Phi) is 2.96. The maximum absolute atomic E-state index is 6.25. The summed E-state index contributed by atoms with van der Waals surface area (Å²) in [7, 11) is 0. The van der Waals surface area contributed by atoms with Crippen LogP contribution in [0, 0.1) is 0 Å². The van der Waals surface area contributed by atoms with Gasteiger partial charge in [-0.05, 0) is 18.6 Å². The molecule has 0 bridgehead atoms. The molecule has 0 saturated carbocycles. The number of rotatable bonds is 3. The van der Waals surface area contributed by atoms with Crippen LogP contribution >= 0.6 is 11.6 Å². The lowest BCUT2D eigenvalue weighted by molar-refractivity contribution is 0.646. The quantitative estimate of drug-likeness (QED) is 0.669. The van der Waals surface area contributed by atoms with E-state index in [1.165, 1.54) is 23.7 Å². The van der Waals surface area contributed by atoms with E-state index in [1.807, 2.05) is 24.5 Å². The van der Waals surface area contributed by atoms with Crippen LogP contribution in [0.25, 0.3) is 21.8 Å². The Morgan fingerprint density at radius 2 is 2.06 bits per heavy atom. The highest BCUT2D eigenvalue weighted by Crippen LogP contribution is 2.29. The lowest BCUT2D eigenvalue weighted by Crippen LogP contribution is -1.95. The zero-order valence-electron chi connectivity index (χ0n) is 10.4. The number of imidazole rings is 1. The van der Waals surface area contributed by atoms with Crippen LogP contribution in [0.15, 0.2) is 36.7 Å². The van der Waals surface area contributed by atoms with Crippen molar-refractivity contribution < 1.29 is 0 Å². The van der Waals surface area contributed by atoms with Crippen molar-refractivity contribution in [2.75, 3.05) is 0 Å². The number of halogens is 1. The molecule has 3 heteroatoms. The molecule has 0 saturated heterocycles. The summed E-state index contributed by atoms with van der Waals surface area (Å²) in [5.74, 6) is 0. The zero-order valence-corrected chi connectivity index (χ0v) is 11.1. The van der Waals surface area contributed by atoms with Gasteiger partial charge in [0.1, 0.15) is 0 Å². The van der Waals surface area contributed by atoms with Crippen LogP contribution in [0.5, 0.6) is 0 Å². The first kappa shape index (κ1) is 11.5. The molecule has 0 amide bonds. The van der Waals surface area contributed by atoms with Crippen LogP contribution in [-0.2, 0) is 6.54 Å². The first-order valence-corrected chi connectivity index (χ1v) is 6.71. The predicted octanol–water partition coefficient (Wildman–Crippen LogP) is 4.64. The van der Waals surface area contributed by atoms with Crippen molar-refractivity contribution in [3.8, 4) is 0 Å². The summed E-state index contributed by atoms with van der Waals surface area (Å²) in [6.07, 6.45) is 4.29. The number of benzene rings is 2. The number of fused-ring (bicyclic) bond motifs is 3. The van der Waals surface area contributed by atoms with Crippen molar-refractivity contribution in [1.82, 2.24) is 9.55 Å². The predicted molar refractivity (Wildman–Crippen MR) is 77.2 cm³/mol. The van der Waals surface area contributed by atoms with E-state index in [2.05, 4.69) is 28.6 Å². The van der Waals surface area contributed by atoms with E-state index in [0.29, 0.717) is 0 Å². The summed E-state index contributed by atoms with van der Waals surface area (Å²) in [4.78, 5) is 4.47. The topological polar surface area (TPSA) is 17.8 Å². The first-order valence-electron chi connectivity index (χ1n) is 6.33. The van der Waals surface area contributed by atoms with E-state index in [-0.39, 0.29) is 0 Å². The molecule has 1 aromatic heterocycles. The summed E-state index contributed by atoms with van der Waals surface area (Å²) in [5.41, 5.74) is 2.24. The molecule has 0 atom stereocenters. The molecule has 18 heavy (non-hydrogen) atoms. The van der Waals surface area contributed by atoms with E-state index in [9.17, 15) is 0 Å². The molecule has 0 N–H and O–H groups in total. The SMILES string of the molecule is CCCCn1cnc2ccc3c(Cl)cccc3c21. The van der Waals surface area contributed by atoms with Crippen molar-refractivity contribution in [3.05, 3.63) is 41.7 Å². The lowest BCUT2D eigenvalue weighted by Gasteiger charge is -2.06. The molecule has 1 heterocycles. The van der Waals surface area contributed by atoms with Gasteiger partial charge in [-0.3, -0.25) is 0 Å². The average molecular weight is 259 g/mol. The monoisotopic (exact) mass is 258 g/mol. The molecule has 0 aliphatic heterocycles. The molecule has 2 aromatic carbocycles. The van der Waals surface area contributed by atoms with E-state index >= 15 is 0 Å². The third-order valence-corrected chi connectivity index (χ3v) is 3.66.